The third-order valence-electron chi connectivity index (χ3n) is 4.93. The van der Waals surface area contributed by atoms with Crippen LogP contribution < -0.4 is 11.5 Å². The van der Waals surface area contributed by atoms with Gasteiger partial charge in [-0.05, 0) is 59.7 Å². The number of hydrogen-bond donors (Lipinski definition) is 2. The Kier molecular flexibility index (Phi) is 3.69. The maximum Gasteiger partial charge on any atom is 0.0723 e. The van der Waals surface area contributed by atoms with E-state index in [4.69, 9.17) is 16.5 Å². The molecule has 0 atom stereocenters. The van der Waals surface area contributed by atoms with Gasteiger partial charge in [0.15, 0.2) is 0 Å². The zero-order valence-corrected chi connectivity index (χ0v) is 15.1. The van der Waals surface area contributed by atoms with Gasteiger partial charge in [0.25, 0.3) is 0 Å². The molecule has 0 amide bonds. The van der Waals surface area contributed by atoms with Gasteiger partial charge in [-0.25, -0.2) is 4.98 Å². The van der Waals surface area contributed by atoms with Gasteiger partial charge in [-0.2, -0.15) is 0 Å². The van der Waals surface area contributed by atoms with Crippen molar-refractivity contribution in [2.75, 3.05) is 11.5 Å². The lowest BCUT2D eigenvalue weighted by molar-refractivity contribution is 1.38. The van der Waals surface area contributed by atoms with Crippen LogP contribution in [0.1, 0.15) is 0 Å². The predicted molar refractivity (Wildman–Crippen MR) is 117 cm³/mol. The maximum absolute atomic E-state index is 6.08. The van der Waals surface area contributed by atoms with Crippen molar-refractivity contribution >= 4 is 33.2 Å². The van der Waals surface area contributed by atoms with E-state index in [9.17, 15) is 0 Å². The highest BCUT2D eigenvalue weighted by molar-refractivity contribution is 6.13. The number of fused-ring (bicyclic) bond motifs is 3. The van der Waals surface area contributed by atoms with Crippen molar-refractivity contribution in [2.45, 2.75) is 0 Å². The standard InChI is InChI=1S/C24H18N4/c25-17-6-1-4-15(12-17)20-14-23(16-5-2-7-18(26)13-16)28-22-10-9-21-19(24(20)22)8-3-11-27-21/h1-14H,25-26H2. The van der Waals surface area contributed by atoms with Crippen LogP contribution in [0.25, 0.3) is 44.2 Å². The summed E-state index contributed by atoms with van der Waals surface area (Å²) in [4.78, 5) is 9.44. The highest BCUT2D eigenvalue weighted by Crippen LogP contribution is 2.36. The molecule has 0 saturated heterocycles. The Morgan fingerprint density at radius 3 is 2.14 bits per heavy atom. The molecule has 4 N–H and O–H groups in total. The van der Waals surface area contributed by atoms with Gasteiger partial charge >= 0.3 is 0 Å². The lowest BCUT2D eigenvalue weighted by atomic mass is 9.95. The summed E-state index contributed by atoms with van der Waals surface area (Å²) in [5, 5.41) is 2.15. The van der Waals surface area contributed by atoms with E-state index in [0.29, 0.717) is 5.69 Å². The first-order valence-electron chi connectivity index (χ1n) is 9.09. The maximum atomic E-state index is 6.08. The number of anilines is 2. The summed E-state index contributed by atoms with van der Waals surface area (Å²) in [7, 11) is 0. The summed E-state index contributed by atoms with van der Waals surface area (Å²) in [6.45, 7) is 0. The van der Waals surface area contributed by atoms with Gasteiger partial charge in [-0.3, -0.25) is 4.98 Å². The van der Waals surface area contributed by atoms with Crippen LogP contribution in [0, 0.1) is 0 Å². The zero-order valence-electron chi connectivity index (χ0n) is 15.1. The van der Waals surface area contributed by atoms with Gasteiger partial charge in [-0.1, -0.05) is 30.3 Å². The first-order valence-corrected chi connectivity index (χ1v) is 9.09. The van der Waals surface area contributed by atoms with E-state index in [-0.39, 0.29) is 0 Å². The van der Waals surface area contributed by atoms with Crippen molar-refractivity contribution in [1.82, 2.24) is 9.97 Å². The highest BCUT2D eigenvalue weighted by atomic mass is 14.7. The Labute approximate surface area is 162 Å². The van der Waals surface area contributed by atoms with Crippen molar-refractivity contribution in [3.63, 3.8) is 0 Å². The Hall–Kier alpha value is -3.92. The minimum Gasteiger partial charge on any atom is -0.399 e. The van der Waals surface area contributed by atoms with Crippen molar-refractivity contribution in [3.05, 3.63) is 85.1 Å². The fraction of sp³-hybridized carbons (Fsp3) is 0. The van der Waals surface area contributed by atoms with Crippen LogP contribution in [0.15, 0.2) is 85.1 Å². The van der Waals surface area contributed by atoms with Gasteiger partial charge < -0.3 is 11.5 Å². The van der Waals surface area contributed by atoms with E-state index in [2.05, 4.69) is 23.2 Å². The first kappa shape index (κ1) is 16.3. The van der Waals surface area contributed by atoms with Crippen LogP contribution in [0.5, 0.6) is 0 Å². The molecular weight excluding hydrogens is 344 g/mol. The van der Waals surface area contributed by atoms with E-state index >= 15 is 0 Å². The van der Waals surface area contributed by atoms with E-state index in [1.807, 2.05) is 66.9 Å². The molecule has 0 spiro atoms. The van der Waals surface area contributed by atoms with E-state index in [1.165, 1.54) is 0 Å². The summed E-state index contributed by atoms with van der Waals surface area (Å²) < 4.78 is 0. The molecule has 0 unspecified atom stereocenters. The lowest BCUT2D eigenvalue weighted by Gasteiger charge is -2.13. The van der Waals surface area contributed by atoms with Gasteiger partial charge in [-0.15, -0.1) is 0 Å². The molecule has 0 radical (unpaired) electrons. The molecule has 2 heterocycles. The molecule has 0 aliphatic carbocycles. The number of hydrogen-bond acceptors (Lipinski definition) is 4. The molecule has 4 nitrogen and oxygen atoms in total. The van der Waals surface area contributed by atoms with E-state index in [1.54, 1.807) is 0 Å². The van der Waals surface area contributed by atoms with Crippen LogP contribution in [-0.4, -0.2) is 9.97 Å². The highest BCUT2D eigenvalue weighted by Gasteiger charge is 2.13. The molecule has 5 rings (SSSR count). The normalized spacial score (nSPS) is 11.1. The Morgan fingerprint density at radius 2 is 1.36 bits per heavy atom. The number of aromatic nitrogens is 2. The van der Waals surface area contributed by atoms with E-state index < -0.39 is 0 Å². The molecule has 134 valence electrons. The second-order valence-corrected chi connectivity index (χ2v) is 6.84. The molecule has 0 aliphatic heterocycles. The Balaban J connectivity index is 1.90. The van der Waals surface area contributed by atoms with Gasteiger partial charge in [0.2, 0.25) is 0 Å². The summed E-state index contributed by atoms with van der Waals surface area (Å²) in [5.41, 5.74) is 19.4. The number of nitrogens with zero attached hydrogens (tertiary/aromatic N) is 2. The molecule has 2 aromatic heterocycles. The van der Waals surface area contributed by atoms with Crippen molar-refractivity contribution in [1.29, 1.82) is 0 Å². The van der Waals surface area contributed by atoms with E-state index in [0.717, 1.165) is 49.9 Å². The molecule has 0 saturated carbocycles. The molecule has 4 heteroatoms. The first-order chi connectivity index (χ1) is 13.7. The molecule has 5 aromatic rings. The number of nitrogens with two attached hydrogens (primary N) is 2. The smallest absolute Gasteiger partial charge is 0.0723 e. The summed E-state index contributed by atoms with van der Waals surface area (Å²) in [6.07, 6.45) is 1.81. The topological polar surface area (TPSA) is 77.8 Å². The average molecular weight is 362 g/mol. The number of rotatable bonds is 2. The second-order valence-electron chi connectivity index (χ2n) is 6.84. The predicted octanol–water partition coefficient (Wildman–Crippen LogP) is 5.28. The second kappa shape index (κ2) is 6.35. The van der Waals surface area contributed by atoms with Crippen LogP contribution in [-0.2, 0) is 0 Å². The summed E-state index contributed by atoms with van der Waals surface area (Å²) in [6, 6.07) is 25.9. The van der Waals surface area contributed by atoms with Gasteiger partial charge in [0.1, 0.15) is 0 Å². The SMILES string of the molecule is Nc1cccc(-c2cc(-c3cccc(N)c3)c3c(ccc4ncccc43)n2)c1. The number of benzene rings is 3. The van der Waals surface area contributed by atoms with Gasteiger partial charge in [0.05, 0.1) is 16.7 Å². The molecular formula is C24H18N4. The average Bonchev–Trinajstić information content (AvgIpc) is 2.73. The number of pyridine rings is 2. The molecule has 0 fully saturated rings. The minimum atomic E-state index is 0.715. The zero-order chi connectivity index (χ0) is 19.1. The largest absolute Gasteiger partial charge is 0.399 e. The lowest BCUT2D eigenvalue weighted by Crippen LogP contribution is -1.93. The van der Waals surface area contributed by atoms with Crippen LogP contribution in [0.3, 0.4) is 0 Å². The van der Waals surface area contributed by atoms with Crippen molar-refractivity contribution in [2.24, 2.45) is 0 Å². The van der Waals surface area contributed by atoms with Crippen LogP contribution in [0.4, 0.5) is 11.4 Å². The minimum absolute atomic E-state index is 0.715. The van der Waals surface area contributed by atoms with Crippen molar-refractivity contribution in [3.8, 4) is 22.4 Å². The van der Waals surface area contributed by atoms with Gasteiger partial charge in [0, 0.05) is 33.9 Å². The summed E-state index contributed by atoms with van der Waals surface area (Å²) in [5.74, 6) is 0. The fourth-order valence-corrected chi connectivity index (χ4v) is 3.67. The molecule has 0 aliphatic rings. The molecule has 0 bridgehead atoms. The fourth-order valence-electron chi connectivity index (χ4n) is 3.67. The quantitative estimate of drug-likeness (QED) is 0.331. The monoisotopic (exact) mass is 362 g/mol. The molecule has 3 aromatic carbocycles. The third-order valence-corrected chi connectivity index (χ3v) is 4.93. The Morgan fingerprint density at radius 1 is 0.643 bits per heavy atom. The van der Waals surface area contributed by atoms with Crippen LogP contribution >= 0.6 is 0 Å². The summed E-state index contributed by atoms with van der Waals surface area (Å²) >= 11 is 0. The Bertz CT molecular complexity index is 1340. The molecule has 28 heavy (non-hydrogen) atoms. The van der Waals surface area contributed by atoms with Crippen molar-refractivity contribution < 1.29 is 0 Å². The van der Waals surface area contributed by atoms with Crippen LogP contribution in [0.2, 0.25) is 0 Å². The number of nitrogen functional groups attached to an aromatic ring is 2. The third kappa shape index (κ3) is 2.72.